The van der Waals surface area contributed by atoms with Gasteiger partial charge in [0.15, 0.2) is 17.2 Å². The van der Waals surface area contributed by atoms with Crippen molar-refractivity contribution in [1.82, 2.24) is 33.1 Å². The van der Waals surface area contributed by atoms with Crippen LogP contribution in [0.2, 0.25) is 51.4 Å². The maximum absolute atomic E-state index is 11.8. The van der Waals surface area contributed by atoms with Gasteiger partial charge in [-0.3, -0.25) is 18.3 Å². The minimum atomic E-state index is -1.17. The fourth-order valence-electron chi connectivity index (χ4n) is 9.28. The van der Waals surface area contributed by atoms with E-state index in [0.717, 1.165) is 101 Å². The molecule has 13 nitrogen and oxygen atoms in total. The predicted molar refractivity (Wildman–Crippen MR) is 274 cm³/mol. The molecule has 2 aliphatic heterocycles. The van der Waals surface area contributed by atoms with Crippen molar-refractivity contribution in [3.05, 3.63) is 107 Å². The van der Waals surface area contributed by atoms with E-state index in [4.69, 9.17) is 23.9 Å². The van der Waals surface area contributed by atoms with Gasteiger partial charge in [-0.05, 0) is 63.8 Å². The van der Waals surface area contributed by atoms with E-state index in [-0.39, 0.29) is 5.78 Å². The molecule has 67 heavy (non-hydrogen) atoms. The van der Waals surface area contributed by atoms with Crippen molar-refractivity contribution in [3.63, 3.8) is 0 Å². The highest BCUT2D eigenvalue weighted by molar-refractivity contribution is 6.76. The minimum absolute atomic E-state index is 0.0694. The number of aryl methyl sites for hydroxylation is 3. The second-order valence-corrected chi connectivity index (χ2v) is 31.7. The molecule has 1 N–H and O–H groups in total. The van der Waals surface area contributed by atoms with Crippen LogP contribution in [0.5, 0.6) is 0 Å². The Morgan fingerprint density at radius 1 is 0.746 bits per heavy atom. The molecule has 0 spiro atoms. The molecule has 0 saturated carbocycles. The van der Waals surface area contributed by atoms with Crippen molar-refractivity contribution >= 4 is 44.4 Å². The summed E-state index contributed by atoms with van der Waals surface area (Å²) >= 11 is 0. The Balaban J connectivity index is 0.000000182. The van der Waals surface area contributed by atoms with Gasteiger partial charge in [-0.1, -0.05) is 102 Å². The maximum atomic E-state index is 11.8. The second kappa shape index (κ2) is 19.4. The quantitative estimate of drug-likeness (QED) is 0.0573. The molecule has 0 bridgehead atoms. The lowest BCUT2D eigenvalue weighted by Gasteiger charge is -2.23. The molecule has 1 saturated heterocycles. The van der Waals surface area contributed by atoms with Crippen molar-refractivity contribution < 1.29 is 23.7 Å². The van der Waals surface area contributed by atoms with Gasteiger partial charge >= 0.3 is 0 Å². The van der Waals surface area contributed by atoms with Crippen molar-refractivity contribution in [1.29, 1.82) is 0 Å². The number of aromatic nitrogens is 7. The summed E-state index contributed by atoms with van der Waals surface area (Å²) in [5.74, 6) is 2.46. The predicted octanol–water partition coefficient (Wildman–Crippen LogP) is 11.4. The summed E-state index contributed by atoms with van der Waals surface area (Å²) < 4.78 is 33.2. The van der Waals surface area contributed by atoms with Crippen molar-refractivity contribution in [2.24, 2.45) is 0 Å². The molecule has 0 amide bonds. The third-order valence-corrected chi connectivity index (χ3v) is 16.5. The molecular weight excluding hydrogens is 873 g/mol. The van der Waals surface area contributed by atoms with Crippen LogP contribution in [-0.2, 0) is 57.6 Å². The van der Waals surface area contributed by atoms with Gasteiger partial charge in [0.1, 0.15) is 30.9 Å². The zero-order valence-corrected chi connectivity index (χ0v) is 43.8. The number of nitrogens with one attached hydrogen (secondary N) is 1. The van der Waals surface area contributed by atoms with Gasteiger partial charge in [0.25, 0.3) is 0 Å². The highest BCUT2D eigenvalue weighted by atomic mass is 28.3. The number of carbonyl (C=O) groups is 1. The second-order valence-electron chi connectivity index (χ2n) is 20.4. The van der Waals surface area contributed by atoms with E-state index in [1.165, 1.54) is 28.2 Å². The summed E-state index contributed by atoms with van der Waals surface area (Å²) in [4.78, 5) is 25.7. The molecule has 0 unspecified atom stereocenters. The lowest BCUT2D eigenvalue weighted by Crippen LogP contribution is -2.23. The van der Waals surface area contributed by atoms with Gasteiger partial charge in [-0.25, -0.2) is 15.0 Å². The average Bonchev–Trinajstić information content (AvgIpc) is 4.13. The van der Waals surface area contributed by atoms with Gasteiger partial charge in [-0.15, -0.1) is 0 Å². The minimum Gasteiger partial charge on any atom is -0.364 e. The molecule has 9 rings (SSSR count). The third kappa shape index (κ3) is 9.90. The zero-order chi connectivity index (χ0) is 47.8. The lowest BCUT2D eigenvalue weighted by atomic mass is 10.0. The van der Waals surface area contributed by atoms with Crippen molar-refractivity contribution in [3.8, 4) is 28.2 Å². The SMILES string of the molecule is CCc1c(-c2ccc(C(C)=O)cc2)n(COCC[Si](C)(C)C)c2ncc3cnc(C)n3c12.CCc1c2c(n(COCC[Si](C)(C)C)c1-c1ccc(C3(C)OCCO3)cc1)NCc1cnc(C)n1-2. The van der Waals surface area contributed by atoms with Crippen LogP contribution in [0.25, 0.3) is 44.9 Å². The smallest absolute Gasteiger partial charge is 0.192 e. The average molecular weight is 943 g/mol. The van der Waals surface area contributed by atoms with Crippen molar-refractivity contribution in [2.45, 2.75) is 132 Å². The van der Waals surface area contributed by atoms with Crippen LogP contribution >= 0.6 is 0 Å². The van der Waals surface area contributed by atoms with E-state index in [2.05, 4.69) is 118 Å². The van der Waals surface area contributed by atoms with Crippen molar-refractivity contribution in [2.75, 3.05) is 31.7 Å². The number of imidazole rings is 2. The molecule has 7 heterocycles. The molecule has 1 fully saturated rings. The van der Waals surface area contributed by atoms with Crippen LogP contribution in [0.15, 0.2) is 67.1 Å². The lowest BCUT2D eigenvalue weighted by molar-refractivity contribution is -0.149. The molecule has 5 aromatic heterocycles. The number of nitrogens with zero attached hydrogens (tertiary/aromatic N) is 7. The number of hydrogen-bond donors (Lipinski definition) is 1. The summed E-state index contributed by atoms with van der Waals surface area (Å²) in [6.45, 7) is 30.8. The molecule has 356 valence electrons. The molecule has 7 aromatic rings. The van der Waals surface area contributed by atoms with E-state index < -0.39 is 21.9 Å². The summed E-state index contributed by atoms with van der Waals surface area (Å²) in [5.41, 5.74) is 14.1. The van der Waals surface area contributed by atoms with Gasteiger partial charge in [0, 0.05) is 51.6 Å². The van der Waals surface area contributed by atoms with Crippen LogP contribution in [-0.4, -0.2) is 81.4 Å². The van der Waals surface area contributed by atoms with Crippen LogP contribution in [0, 0.1) is 13.8 Å². The number of rotatable bonds is 16. The third-order valence-electron chi connectivity index (χ3n) is 13.1. The summed E-state index contributed by atoms with van der Waals surface area (Å²) in [5, 5.41) is 3.68. The first-order chi connectivity index (χ1) is 31.9. The number of anilines is 1. The number of Topliss-reactive ketones (excluding diaryl/α,β-unsaturated/α-hetero) is 1. The fraction of sp³-hybridized carbons (Fsp3) is 0.462. The standard InChI is InChI=1S/C27H38N4O3Si.C25H32N4O2Si/c1-7-23-24(20-8-10-21(11-9-20)27(3)33-12-13-34-27)30(18-32-14-15-35(4,5)6)26-25(23)31-19(2)28-16-22(31)17-29-26;1-7-22-23(20-10-8-19(9-11-20)17(2)30)28(16-31-12-13-32(4,5)6)25-24(22)29-18(3)26-14-21(29)15-27-25/h8-11,16,29H,7,12-15,17-18H2,1-6H3;8-11,14-15H,7,12-13,16H2,1-6H3. The fourth-order valence-corrected chi connectivity index (χ4v) is 10.8. The highest BCUT2D eigenvalue weighted by Gasteiger charge is 2.34. The van der Waals surface area contributed by atoms with E-state index in [9.17, 15) is 4.79 Å². The van der Waals surface area contributed by atoms with Crippen LogP contribution < -0.4 is 5.32 Å². The molecule has 0 atom stereocenters. The monoisotopic (exact) mass is 943 g/mol. The number of fused-ring (bicyclic) bond motifs is 6. The molecule has 2 aliphatic rings. The Bertz CT molecular complexity index is 2870. The van der Waals surface area contributed by atoms with Crippen LogP contribution in [0.1, 0.15) is 72.1 Å². The zero-order valence-electron chi connectivity index (χ0n) is 41.8. The van der Waals surface area contributed by atoms with Gasteiger partial charge in [0.05, 0.1) is 72.2 Å². The normalized spacial score (nSPS) is 14.6. The van der Waals surface area contributed by atoms with E-state index in [1.807, 2.05) is 56.7 Å². The molecular formula is C52H70N8O5Si2. The molecule has 0 aliphatic carbocycles. The number of ketones is 1. The Morgan fingerprint density at radius 3 is 1.88 bits per heavy atom. The number of ether oxygens (including phenoxy) is 4. The highest BCUT2D eigenvalue weighted by Crippen LogP contribution is 2.43. The largest absolute Gasteiger partial charge is 0.364 e. The van der Waals surface area contributed by atoms with E-state index in [0.29, 0.717) is 32.2 Å². The maximum Gasteiger partial charge on any atom is 0.192 e. The van der Waals surface area contributed by atoms with Gasteiger partial charge in [0.2, 0.25) is 0 Å². The Morgan fingerprint density at radius 2 is 1.30 bits per heavy atom. The van der Waals surface area contributed by atoms with E-state index >= 15 is 0 Å². The summed E-state index contributed by atoms with van der Waals surface area (Å²) in [6.07, 6.45) is 7.47. The Labute approximate surface area is 397 Å². The van der Waals surface area contributed by atoms with Crippen LogP contribution in [0.4, 0.5) is 5.82 Å². The molecule has 2 aromatic carbocycles. The summed E-state index contributed by atoms with van der Waals surface area (Å²) in [7, 11) is -2.34. The molecule has 15 heteroatoms. The number of hydrogen-bond acceptors (Lipinski definition) is 9. The van der Waals surface area contributed by atoms with Gasteiger partial charge in [-0.2, -0.15) is 0 Å². The van der Waals surface area contributed by atoms with Crippen LogP contribution in [0.3, 0.4) is 0 Å². The number of carbonyl (C=O) groups excluding carboxylic acids is 1. The summed E-state index contributed by atoms with van der Waals surface area (Å²) in [6, 6.07) is 18.8. The first-order valence-electron chi connectivity index (χ1n) is 24.0. The molecule has 0 radical (unpaired) electrons. The number of benzene rings is 2. The Hall–Kier alpha value is -5.17. The topological polar surface area (TPSA) is 124 Å². The Kier molecular flexibility index (Phi) is 14.0. The first-order valence-corrected chi connectivity index (χ1v) is 31.4. The first kappa shape index (κ1) is 48.3. The van der Waals surface area contributed by atoms with E-state index in [1.54, 1.807) is 6.92 Å². The van der Waals surface area contributed by atoms with Gasteiger partial charge < -0.3 is 28.8 Å².